The van der Waals surface area contributed by atoms with E-state index < -0.39 is 18.0 Å². The molecule has 128 valence electrons. The molecule has 1 amide bonds. The minimum absolute atomic E-state index is 0.181. The Morgan fingerprint density at radius 3 is 2.88 bits per heavy atom. The van der Waals surface area contributed by atoms with Gasteiger partial charge >= 0.3 is 5.97 Å². The molecule has 8 heteroatoms. The summed E-state index contributed by atoms with van der Waals surface area (Å²) in [4.78, 5) is 28.4. The van der Waals surface area contributed by atoms with Crippen LogP contribution in [-0.2, 0) is 9.53 Å². The van der Waals surface area contributed by atoms with E-state index in [2.05, 4.69) is 15.6 Å². The highest BCUT2D eigenvalue weighted by Crippen LogP contribution is 2.22. The van der Waals surface area contributed by atoms with Crippen LogP contribution in [0.5, 0.6) is 0 Å². The van der Waals surface area contributed by atoms with Gasteiger partial charge in [0.15, 0.2) is 11.8 Å². The molecule has 0 aliphatic heterocycles. The molecule has 6 nitrogen and oxygen atoms in total. The number of aryl methyl sites for hydroxylation is 1. The van der Waals surface area contributed by atoms with Gasteiger partial charge in [-0.05, 0) is 38.5 Å². The second kappa shape index (κ2) is 8.12. The molecule has 0 spiro atoms. The maximum atomic E-state index is 12.2. The average Bonchev–Trinajstić information content (AvgIpc) is 2.99. The number of benzene rings is 1. The van der Waals surface area contributed by atoms with E-state index in [0.29, 0.717) is 22.3 Å². The molecule has 0 fully saturated rings. The van der Waals surface area contributed by atoms with E-state index in [1.807, 2.05) is 13.8 Å². The molecule has 24 heavy (non-hydrogen) atoms. The second-order valence-corrected chi connectivity index (χ2v) is 6.35. The Morgan fingerprint density at radius 1 is 1.42 bits per heavy atom. The van der Waals surface area contributed by atoms with E-state index in [9.17, 15) is 9.59 Å². The standard InChI is InChI=1S/C16H18ClN3O3S/c1-4-18-15-13(19-8-24-15)16(22)23-10(3)14(21)20-12-7-11(17)6-5-9(12)2/h5-8,10,18H,4H2,1-3H3,(H,20,21). The number of hydrogen-bond acceptors (Lipinski definition) is 6. The van der Waals surface area contributed by atoms with Gasteiger partial charge in [0.05, 0.1) is 5.51 Å². The summed E-state index contributed by atoms with van der Waals surface area (Å²) < 4.78 is 5.21. The minimum Gasteiger partial charge on any atom is -0.448 e. The number of nitrogens with one attached hydrogen (secondary N) is 2. The highest BCUT2D eigenvalue weighted by atomic mass is 35.5. The molecule has 2 rings (SSSR count). The fraction of sp³-hybridized carbons (Fsp3) is 0.312. The van der Waals surface area contributed by atoms with Crippen LogP contribution < -0.4 is 10.6 Å². The smallest absolute Gasteiger partial charge is 0.360 e. The number of rotatable bonds is 6. The molecule has 2 N–H and O–H groups in total. The number of nitrogens with zero attached hydrogens (tertiary/aromatic N) is 1. The molecular formula is C16H18ClN3O3S. The van der Waals surface area contributed by atoms with Crippen LogP contribution in [0.2, 0.25) is 5.02 Å². The predicted octanol–water partition coefficient (Wildman–Crippen LogP) is 3.72. The summed E-state index contributed by atoms with van der Waals surface area (Å²) in [6.45, 7) is 5.93. The second-order valence-electron chi connectivity index (χ2n) is 5.06. The van der Waals surface area contributed by atoms with Crippen LogP contribution in [0.4, 0.5) is 10.7 Å². The van der Waals surface area contributed by atoms with Crippen molar-refractivity contribution < 1.29 is 14.3 Å². The number of hydrogen-bond donors (Lipinski definition) is 2. The molecular weight excluding hydrogens is 350 g/mol. The third-order valence-corrected chi connectivity index (χ3v) is 4.23. The third-order valence-electron chi connectivity index (χ3n) is 3.21. The Hall–Kier alpha value is -2.12. The van der Waals surface area contributed by atoms with Gasteiger partial charge in [0, 0.05) is 17.3 Å². The lowest BCUT2D eigenvalue weighted by molar-refractivity contribution is -0.123. The first-order valence-corrected chi connectivity index (χ1v) is 8.63. The first-order valence-electron chi connectivity index (χ1n) is 7.37. The van der Waals surface area contributed by atoms with E-state index in [1.165, 1.54) is 18.3 Å². The molecule has 1 atom stereocenters. The average molecular weight is 368 g/mol. The molecule has 0 saturated heterocycles. The number of esters is 1. The van der Waals surface area contributed by atoms with Gasteiger partial charge in [0.25, 0.3) is 5.91 Å². The molecule has 1 unspecified atom stereocenters. The fourth-order valence-corrected chi connectivity index (χ4v) is 2.82. The first-order chi connectivity index (χ1) is 11.4. The van der Waals surface area contributed by atoms with Crippen molar-refractivity contribution in [2.24, 2.45) is 0 Å². The van der Waals surface area contributed by atoms with Crippen molar-refractivity contribution >= 4 is 45.5 Å². The number of ether oxygens (including phenoxy) is 1. The van der Waals surface area contributed by atoms with Crippen molar-refractivity contribution in [2.75, 3.05) is 17.2 Å². The largest absolute Gasteiger partial charge is 0.448 e. The normalized spacial score (nSPS) is 11.7. The van der Waals surface area contributed by atoms with E-state index >= 15 is 0 Å². The topological polar surface area (TPSA) is 80.3 Å². The SMILES string of the molecule is CCNc1scnc1C(=O)OC(C)C(=O)Nc1cc(Cl)ccc1C. The van der Waals surface area contributed by atoms with E-state index in [4.69, 9.17) is 16.3 Å². The summed E-state index contributed by atoms with van der Waals surface area (Å²) in [7, 11) is 0. The van der Waals surface area contributed by atoms with Crippen molar-refractivity contribution in [1.82, 2.24) is 4.98 Å². The summed E-state index contributed by atoms with van der Waals surface area (Å²) in [5.74, 6) is -1.08. The van der Waals surface area contributed by atoms with Crippen molar-refractivity contribution in [3.8, 4) is 0 Å². The number of amides is 1. The fourth-order valence-electron chi connectivity index (χ4n) is 1.91. The van der Waals surface area contributed by atoms with E-state index in [-0.39, 0.29) is 5.69 Å². The van der Waals surface area contributed by atoms with Gasteiger partial charge in [-0.3, -0.25) is 4.79 Å². The molecule has 1 aromatic carbocycles. The summed E-state index contributed by atoms with van der Waals surface area (Å²) >= 11 is 7.23. The van der Waals surface area contributed by atoms with Crippen molar-refractivity contribution in [2.45, 2.75) is 26.9 Å². The van der Waals surface area contributed by atoms with Gasteiger partial charge in [0.1, 0.15) is 5.00 Å². The molecule has 0 saturated carbocycles. The maximum Gasteiger partial charge on any atom is 0.360 e. The number of carbonyl (C=O) groups excluding carboxylic acids is 2. The third kappa shape index (κ3) is 4.46. The Kier molecular flexibility index (Phi) is 6.16. The molecule has 1 heterocycles. The van der Waals surface area contributed by atoms with Crippen molar-refractivity contribution in [3.05, 3.63) is 40.0 Å². The monoisotopic (exact) mass is 367 g/mol. The number of carbonyl (C=O) groups is 2. The van der Waals surface area contributed by atoms with Crippen molar-refractivity contribution in [3.63, 3.8) is 0 Å². The predicted molar refractivity (Wildman–Crippen MR) is 96.0 cm³/mol. The Balaban J connectivity index is 2.02. The maximum absolute atomic E-state index is 12.2. The van der Waals surface area contributed by atoms with Gasteiger partial charge in [-0.1, -0.05) is 17.7 Å². The van der Waals surface area contributed by atoms with Crippen LogP contribution in [0.25, 0.3) is 0 Å². The lowest BCUT2D eigenvalue weighted by Gasteiger charge is -2.14. The highest BCUT2D eigenvalue weighted by molar-refractivity contribution is 7.14. The molecule has 0 aliphatic carbocycles. The summed E-state index contributed by atoms with van der Waals surface area (Å²) in [6, 6.07) is 5.18. The summed E-state index contributed by atoms with van der Waals surface area (Å²) in [5, 5.41) is 6.88. The van der Waals surface area contributed by atoms with Crippen LogP contribution >= 0.6 is 22.9 Å². The lowest BCUT2D eigenvalue weighted by atomic mass is 10.2. The summed E-state index contributed by atoms with van der Waals surface area (Å²) in [6.07, 6.45) is -0.966. The number of aromatic nitrogens is 1. The van der Waals surface area contributed by atoms with Crippen LogP contribution in [0.15, 0.2) is 23.7 Å². The van der Waals surface area contributed by atoms with E-state index in [0.717, 1.165) is 5.56 Å². The van der Waals surface area contributed by atoms with Crippen molar-refractivity contribution in [1.29, 1.82) is 0 Å². The first kappa shape index (κ1) is 18.2. The number of halogens is 1. The van der Waals surface area contributed by atoms with Crippen LogP contribution in [-0.4, -0.2) is 29.5 Å². The Bertz CT molecular complexity index is 748. The zero-order chi connectivity index (χ0) is 17.7. The number of anilines is 2. The van der Waals surface area contributed by atoms with Gasteiger partial charge < -0.3 is 15.4 Å². The zero-order valence-corrected chi connectivity index (χ0v) is 15.1. The molecule has 2 aromatic rings. The molecule has 0 bridgehead atoms. The quantitative estimate of drug-likeness (QED) is 0.760. The Morgan fingerprint density at radius 2 is 2.17 bits per heavy atom. The van der Waals surface area contributed by atoms with Crippen LogP contribution in [0.1, 0.15) is 29.9 Å². The minimum atomic E-state index is -0.966. The van der Waals surface area contributed by atoms with E-state index in [1.54, 1.807) is 23.7 Å². The van der Waals surface area contributed by atoms with Crippen LogP contribution in [0.3, 0.4) is 0 Å². The van der Waals surface area contributed by atoms with Gasteiger partial charge in [-0.2, -0.15) is 0 Å². The van der Waals surface area contributed by atoms with Gasteiger partial charge in [-0.25, -0.2) is 9.78 Å². The highest BCUT2D eigenvalue weighted by Gasteiger charge is 2.23. The summed E-state index contributed by atoms with van der Waals surface area (Å²) in [5.41, 5.74) is 3.17. The van der Waals surface area contributed by atoms with Gasteiger partial charge in [-0.15, -0.1) is 11.3 Å². The number of thiazole rings is 1. The molecule has 0 radical (unpaired) electrons. The molecule has 0 aliphatic rings. The zero-order valence-electron chi connectivity index (χ0n) is 13.6. The van der Waals surface area contributed by atoms with Crippen LogP contribution in [0, 0.1) is 6.92 Å². The van der Waals surface area contributed by atoms with Gasteiger partial charge in [0.2, 0.25) is 0 Å². The molecule has 1 aromatic heterocycles. The Labute approximate surface area is 149 Å². The lowest BCUT2D eigenvalue weighted by Crippen LogP contribution is -2.30.